The van der Waals surface area contributed by atoms with Crippen LogP contribution >= 0.6 is 15.9 Å². The van der Waals surface area contributed by atoms with Crippen LogP contribution in [0.15, 0.2) is 83.3 Å². The Morgan fingerprint density at radius 2 is 1.63 bits per heavy atom. The highest BCUT2D eigenvalue weighted by atomic mass is 79.9. The predicted molar refractivity (Wildman–Crippen MR) is 166 cm³/mol. The maximum absolute atomic E-state index is 13.9. The molecule has 0 saturated carbocycles. The monoisotopic (exact) mass is 643 g/mol. The molecule has 8 nitrogen and oxygen atoms in total. The molecule has 3 aromatic carbocycles. The van der Waals surface area contributed by atoms with Crippen LogP contribution in [0.1, 0.15) is 37.8 Å². The van der Waals surface area contributed by atoms with Gasteiger partial charge in [0.15, 0.2) is 0 Å². The Balaban J connectivity index is 1.88. The minimum Gasteiger partial charge on any atom is -0.497 e. The summed E-state index contributed by atoms with van der Waals surface area (Å²) in [6.07, 6.45) is 1.81. The standard InChI is InChI=1S/C31H38BrN3O5S/c1-23(2)33-31(37)29(20-24-11-6-5-7-12-24)34(22-25-13-8-14-26(32)19-25)30(36)17-10-18-35(41(4,38)39)27-15-9-16-28(21-27)40-3/h5-9,11-16,19,21,23,29H,10,17-18,20,22H2,1-4H3,(H,33,37). The zero-order chi connectivity index (χ0) is 30.0. The molecule has 0 saturated heterocycles. The first-order chi connectivity index (χ1) is 19.5. The predicted octanol–water partition coefficient (Wildman–Crippen LogP) is 5.17. The molecule has 3 aromatic rings. The summed E-state index contributed by atoms with van der Waals surface area (Å²) in [5.74, 6) is 0.0672. The van der Waals surface area contributed by atoms with E-state index in [0.717, 1.165) is 21.9 Å². The summed E-state index contributed by atoms with van der Waals surface area (Å²) in [6, 6.07) is 23.2. The van der Waals surface area contributed by atoms with Crippen molar-refractivity contribution < 1.29 is 22.7 Å². The largest absolute Gasteiger partial charge is 0.497 e. The number of hydrogen-bond donors (Lipinski definition) is 1. The topological polar surface area (TPSA) is 96.0 Å². The van der Waals surface area contributed by atoms with Gasteiger partial charge in [0.2, 0.25) is 21.8 Å². The molecule has 220 valence electrons. The van der Waals surface area contributed by atoms with Gasteiger partial charge in [-0.3, -0.25) is 13.9 Å². The van der Waals surface area contributed by atoms with Gasteiger partial charge in [0.05, 0.1) is 19.1 Å². The van der Waals surface area contributed by atoms with Gasteiger partial charge in [0, 0.05) is 42.5 Å². The Labute approximate surface area is 251 Å². The Kier molecular flexibility index (Phi) is 11.8. The second-order valence-electron chi connectivity index (χ2n) is 10.2. The van der Waals surface area contributed by atoms with E-state index >= 15 is 0 Å². The number of carbonyl (C=O) groups excluding carboxylic acids is 2. The van der Waals surface area contributed by atoms with Crippen LogP contribution in [-0.4, -0.2) is 57.1 Å². The third-order valence-electron chi connectivity index (χ3n) is 6.44. The highest BCUT2D eigenvalue weighted by Gasteiger charge is 2.31. The number of nitrogens with one attached hydrogen (secondary N) is 1. The molecule has 0 fully saturated rings. The second kappa shape index (κ2) is 15.0. The zero-order valence-electron chi connectivity index (χ0n) is 23.9. The Morgan fingerprint density at radius 3 is 2.27 bits per heavy atom. The molecule has 1 unspecified atom stereocenters. The highest BCUT2D eigenvalue weighted by molar-refractivity contribution is 9.10. The van der Waals surface area contributed by atoms with Gasteiger partial charge in [-0.1, -0.05) is 64.5 Å². The van der Waals surface area contributed by atoms with E-state index in [1.54, 1.807) is 29.2 Å². The van der Waals surface area contributed by atoms with Crippen molar-refractivity contribution in [1.82, 2.24) is 10.2 Å². The molecule has 1 atom stereocenters. The summed E-state index contributed by atoms with van der Waals surface area (Å²) in [6.45, 7) is 4.10. The van der Waals surface area contributed by atoms with E-state index in [2.05, 4.69) is 21.2 Å². The van der Waals surface area contributed by atoms with Crippen LogP contribution in [-0.2, 0) is 32.6 Å². The maximum atomic E-state index is 13.9. The Morgan fingerprint density at radius 1 is 0.951 bits per heavy atom. The molecule has 0 spiro atoms. The lowest BCUT2D eigenvalue weighted by atomic mass is 10.0. The maximum Gasteiger partial charge on any atom is 0.243 e. The van der Waals surface area contributed by atoms with Gasteiger partial charge < -0.3 is 15.0 Å². The van der Waals surface area contributed by atoms with E-state index in [1.165, 1.54) is 11.4 Å². The molecule has 0 bridgehead atoms. The average Bonchev–Trinajstić information content (AvgIpc) is 2.92. The van der Waals surface area contributed by atoms with E-state index in [0.29, 0.717) is 17.9 Å². The van der Waals surface area contributed by atoms with Crippen molar-refractivity contribution in [2.45, 2.75) is 51.7 Å². The van der Waals surface area contributed by atoms with Crippen LogP contribution in [0.25, 0.3) is 0 Å². The van der Waals surface area contributed by atoms with E-state index < -0.39 is 16.1 Å². The number of ether oxygens (including phenoxy) is 1. The molecule has 0 radical (unpaired) electrons. The van der Waals surface area contributed by atoms with E-state index in [1.807, 2.05) is 68.4 Å². The van der Waals surface area contributed by atoms with Crippen LogP contribution in [0.5, 0.6) is 5.75 Å². The summed E-state index contributed by atoms with van der Waals surface area (Å²) >= 11 is 3.50. The van der Waals surface area contributed by atoms with Crippen LogP contribution in [0.2, 0.25) is 0 Å². The number of carbonyl (C=O) groups is 2. The number of nitrogens with zero attached hydrogens (tertiary/aromatic N) is 2. The number of methoxy groups -OCH3 is 1. The molecule has 0 aliphatic heterocycles. The van der Waals surface area contributed by atoms with Crippen molar-refractivity contribution in [2.75, 3.05) is 24.2 Å². The Bertz CT molecular complexity index is 1420. The number of rotatable bonds is 14. The summed E-state index contributed by atoms with van der Waals surface area (Å²) in [7, 11) is -2.10. The van der Waals surface area contributed by atoms with Crippen molar-refractivity contribution in [3.63, 3.8) is 0 Å². The molecule has 0 aromatic heterocycles. The van der Waals surface area contributed by atoms with Crippen molar-refractivity contribution in [1.29, 1.82) is 0 Å². The van der Waals surface area contributed by atoms with Crippen LogP contribution in [0.4, 0.5) is 5.69 Å². The fraction of sp³-hybridized carbons (Fsp3) is 0.355. The Hall–Kier alpha value is -3.37. The smallest absolute Gasteiger partial charge is 0.243 e. The fourth-order valence-corrected chi connectivity index (χ4v) is 5.94. The molecule has 2 amide bonds. The minimum absolute atomic E-state index is 0.0598. The van der Waals surface area contributed by atoms with E-state index in [4.69, 9.17) is 4.74 Å². The number of benzene rings is 3. The second-order valence-corrected chi connectivity index (χ2v) is 13.0. The highest BCUT2D eigenvalue weighted by Crippen LogP contribution is 2.24. The normalized spacial score (nSPS) is 12.0. The van der Waals surface area contributed by atoms with Crippen LogP contribution in [0.3, 0.4) is 0 Å². The molecule has 0 aliphatic carbocycles. The molecule has 10 heteroatoms. The zero-order valence-corrected chi connectivity index (χ0v) is 26.3. The molecule has 0 heterocycles. The summed E-state index contributed by atoms with van der Waals surface area (Å²) in [5.41, 5.74) is 2.27. The van der Waals surface area contributed by atoms with Gasteiger partial charge in [0.1, 0.15) is 11.8 Å². The lowest BCUT2D eigenvalue weighted by Crippen LogP contribution is -2.51. The number of anilines is 1. The molecule has 3 rings (SSSR count). The first kappa shape index (κ1) is 32.1. The van der Waals surface area contributed by atoms with Gasteiger partial charge >= 0.3 is 0 Å². The fourth-order valence-electron chi connectivity index (χ4n) is 4.54. The third-order valence-corrected chi connectivity index (χ3v) is 8.12. The summed E-state index contributed by atoms with van der Waals surface area (Å²) in [5, 5.41) is 2.98. The van der Waals surface area contributed by atoms with Crippen molar-refractivity contribution >= 4 is 43.5 Å². The van der Waals surface area contributed by atoms with Gasteiger partial charge in [-0.15, -0.1) is 0 Å². The number of sulfonamides is 1. The molecule has 0 aliphatic rings. The van der Waals surface area contributed by atoms with Gasteiger partial charge in [-0.2, -0.15) is 0 Å². The lowest BCUT2D eigenvalue weighted by molar-refractivity contribution is -0.141. The number of amides is 2. The summed E-state index contributed by atoms with van der Waals surface area (Å²) in [4.78, 5) is 29.0. The van der Waals surface area contributed by atoms with Gasteiger partial charge in [-0.25, -0.2) is 8.42 Å². The lowest BCUT2D eigenvalue weighted by Gasteiger charge is -2.32. The van der Waals surface area contributed by atoms with Crippen LogP contribution in [0, 0.1) is 0 Å². The summed E-state index contributed by atoms with van der Waals surface area (Å²) < 4.78 is 32.7. The molecular weight excluding hydrogens is 606 g/mol. The van der Waals surface area contributed by atoms with Crippen molar-refractivity contribution in [3.05, 3.63) is 94.5 Å². The van der Waals surface area contributed by atoms with Crippen LogP contribution < -0.4 is 14.4 Å². The van der Waals surface area contributed by atoms with E-state index in [-0.39, 0.29) is 43.8 Å². The molecule has 41 heavy (non-hydrogen) atoms. The number of hydrogen-bond acceptors (Lipinski definition) is 5. The average molecular weight is 645 g/mol. The first-order valence-electron chi connectivity index (χ1n) is 13.5. The number of halogens is 1. The van der Waals surface area contributed by atoms with Gasteiger partial charge in [-0.05, 0) is 55.7 Å². The SMILES string of the molecule is COc1cccc(N(CCCC(=O)N(Cc2cccc(Br)c2)C(Cc2ccccc2)C(=O)NC(C)C)S(C)(=O)=O)c1. The first-order valence-corrected chi connectivity index (χ1v) is 16.1. The van der Waals surface area contributed by atoms with Crippen molar-refractivity contribution in [2.24, 2.45) is 0 Å². The molecular formula is C31H38BrN3O5S. The third kappa shape index (κ3) is 9.89. The molecule has 1 N–H and O–H groups in total. The van der Waals surface area contributed by atoms with E-state index in [9.17, 15) is 18.0 Å². The quantitative estimate of drug-likeness (QED) is 0.262. The van der Waals surface area contributed by atoms with Gasteiger partial charge in [0.25, 0.3) is 0 Å². The minimum atomic E-state index is -3.61. The van der Waals surface area contributed by atoms with Crippen molar-refractivity contribution in [3.8, 4) is 5.75 Å².